The predicted octanol–water partition coefficient (Wildman–Crippen LogP) is 2.30. The van der Waals surface area contributed by atoms with Crippen molar-refractivity contribution in [2.75, 3.05) is 11.9 Å². The lowest BCUT2D eigenvalue weighted by Gasteiger charge is -2.15. The minimum absolute atomic E-state index is 0.335. The Morgan fingerprint density at radius 1 is 1.19 bits per heavy atom. The van der Waals surface area contributed by atoms with Crippen LogP contribution in [0.2, 0.25) is 5.02 Å². The van der Waals surface area contributed by atoms with Crippen molar-refractivity contribution in [2.24, 2.45) is 0 Å². The highest BCUT2D eigenvalue weighted by molar-refractivity contribution is 6.40. The van der Waals surface area contributed by atoms with Gasteiger partial charge in [0.25, 0.3) is 0 Å². The van der Waals surface area contributed by atoms with E-state index in [4.69, 9.17) is 11.6 Å². The highest BCUT2D eigenvalue weighted by atomic mass is 35.5. The third-order valence-corrected chi connectivity index (χ3v) is 5.20. The Bertz CT molecular complexity index is 862. The van der Waals surface area contributed by atoms with E-state index in [9.17, 15) is 9.59 Å². The van der Waals surface area contributed by atoms with E-state index in [0.717, 1.165) is 48.6 Å². The van der Waals surface area contributed by atoms with E-state index in [0.29, 0.717) is 30.1 Å². The third-order valence-electron chi connectivity index (χ3n) is 4.84. The number of carbonyl (C=O) groups is 2. The molecule has 144 valence electrons. The summed E-state index contributed by atoms with van der Waals surface area (Å²) in [4.78, 5) is 24.5. The van der Waals surface area contributed by atoms with Crippen LogP contribution in [-0.4, -0.2) is 33.1 Å². The van der Waals surface area contributed by atoms with Gasteiger partial charge in [-0.3, -0.25) is 9.59 Å². The molecular formula is C19H24ClN5O2. The zero-order chi connectivity index (χ0) is 19.4. The highest BCUT2D eigenvalue weighted by Gasteiger charge is 2.20. The molecule has 3 rings (SSSR count). The van der Waals surface area contributed by atoms with Gasteiger partial charge in [-0.15, -0.1) is 10.2 Å². The van der Waals surface area contributed by atoms with Crippen LogP contribution in [0.15, 0.2) is 12.1 Å². The van der Waals surface area contributed by atoms with Gasteiger partial charge in [-0.1, -0.05) is 31.5 Å². The van der Waals surface area contributed by atoms with Gasteiger partial charge in [0.1, 0.15) is 11.6 Å². The maximum atomic E-state index is 12.3. The SMILES string of the molecule is CCc1ccc(Cl)c(CC)c1NC(=O)C(=O)NCCc1nnc2n1CCC2. The second-order valence-corrected chi connectivity index (χ2v) is 6.92. The molecule has 0 saturated heterocycles. The van der Waals surface area contributed by atoms with Gasteiger partial charge in [-0.05, 0) is 36.5 Å². The number of nitrogens with one attached hydrogen (secondary N) is 2. The van der Waals surface area contributed by atoms with Crippen molar-refractivity contribution >= 4 is 29.1 Å². The molecule has 0 fully saturated rings. The van der Waals surface area contributed by atoms with Gasteiger partial charge in [-0.25, -0.2) is 0 Å². The van der Waals surface area contributed by atoms with Crippen LogP contribution in [0.25, 0.3) is 0 Å². The summed E-state index contributed by atoms with van der Waals surface area (Å²) in [5.74, 6) is 0.488. The molecule has 0 saturated carbocycles. The Labute approximate surface area is 163 Å². The van der Waals surface area contributed by atoms with Crippen molar-refractivity contribution in [1.82, 2.24) is 20.1 Å². The lowest BCUT2D eigenvalue weighted by molar-refractivity contribution is -0.136. The number of aryl methyl sites for hydroxylation is 2. The van der Waals surface area contributed by atoms with E-state index in [-0.39, 0.29) is 0 Å². The molecule has 0 bridgehead atoms. The Morgan fingerprint density at radius 3 is 2.74 bits per heavy atom. The van der Waals surface area contributed by atoms with Crippen molar-refractivity contribution in [3.63, 3.8) is 0 Å². The first-order valence-electron chi connectivity index (χ1n) is 9.35. The monoisotopic (exact) mass is 389 g/mol. The number of benzene rings is 1. The van der Waals surface area contributed by atoms with Gasteiger partial charge in [-0.2, -0.15) is 0 Å². The number of carbonyl (C=O) groups excluding carboxylic acids is 2. The topological polar surface area (TPSA) is 88.9 Å². The van der Waals surface area contributed by atoms with E-state index in [1.807, 2.05) is 26.0 Å². The van der Waals surface area contributed by atoms with Crippen LogP contribution in [-0.2, 0) is 41.8 Å². The molecule has 1 aliphatic heterocycles. The fourth-order valence-electron chi connectivity index (χ4n) is 3.40. The fourth-order valence-corrected chi connectivity index (χ4v) is 3.69. The van der Waals surface area contributed by atoms with Gasteiger partial charge in [0.2, 0.25) is 0 Å². The molecule has 1 aromatic heterocycles. The molecular weight excluding hydrogens is 366 g/mol. The minimum Gasteiger partial charge on any atom is -0.347 e. The number of amides is 2. The number of fused-ring (bicyclic) bond motifs is 1. The van der Waals surface area contributed by atoms with E-state index in [1.54, 1.807) is 0 Å². The molecule has 27 heavy (non-hydrogen) atoms. The van der Waals surface area contributed by atoms with Gasteiger partial charge in [0.05, 0.1) is 0 Å². The first kappa shape index (κ1) is 19.4. The summed E-state index contributed by atoms with van der Waals surface area (Å²) in [6, 6.07) is 3.70. The second-order valence-electron chi connectivity index (χ2n) is 6.51. The van der Waals surface area contributed by atoms with Crippen LogP contribution in [0.3, 0.4) is 0 Å². The van der Waals surface area contributed by atoms with Crippen molar-refractivity contribution in [1.29, 1.82) is 0 Å². The summed E-state index contributed by atoms with van der Waals surface area (Å²) in [6.45, 7) is 5.21. The third kappa shape index (κ3) is 4.13. The van der Waals surface area contributed by atoms with Gasteiger partial charge in [0, 0.05) is 36.6 Å². The van der Waals surface area contributed by atoms with Crippen molar-refractivity contribution in [2.45, 2.75) is 52.5 Å². The zero-order valence-electron chi connectivity index (χ0n) is 15.6. The number of aromatic nitrogens is 3. The number of rotatable bonds is 6. The summed E-state index contributed by atoms with van der Waals surface area (Å²) in [6.07, 6.45) is 3.97. The van der Waals surface area contributed by atoms with E-state index in [1.165, 1.54) is 0 Å². The average Bonchev–Trinajstić information content (AvgIpc) is 3.27. The second kappa shape index (κ2) is 8.52. The molecule has 0 spiro atoms. The maximum absolute atomic E-state index is 12.3. The number of hydrogen-bond donors (Lipinski definition) is 2. The molecule has 1 aliphatic rings. The minimum atomic E-state index is -0.687. The molecule has 2 N–H and O–H groups in total. The summed E-state index contributed by atoms with van der Waals surface area (Å²) in [5.41, 5.74) is 2.44. The normalized spacial score (nSPS) is 12.7. The van der Waals surface area contributed by atoms with E-state index < -0.39 is 11.8 Å². The van der Waals surface area contributed by atoms with Crippen LogP contribution >= 0.6 is 11.6 Å². The van der Waals surface area contributed by atoms with Gasteiger partial charge in [0.15, 0.2) is 0 Å². The highest BCUT2D eigenvalue weighted by Crippen LogP contribution is 2.29. The summed E-state index contributed by atoms with van der Waals surface area (Å²) < 4.78 is 2.08. The van der Waals surface area contributed by atoms with E-state index in [2.05, 4.69) is 25.4 Å². The largest absolute Gasteiger partial charge is 0.347 e. The standard InChI is InChI=1S/C19H24ClN5O2/c1-3-12-7-8-14(20)13(4-2)17(12)22-19(27)18(26)21-10-9-16-24-23-15-6-5-11-25(15)16/h7-8H,3-6,9-11H2,1-2H3,(H,21,26)(H,22,27). The smallest absolute Gasteiger partial charge is 0.313 e. The zero-order valence-corrected chi connectivity index (χ0v) is 16.4. The first-order chi connectivity index (χ1) is 13.0. The number of nitrogens with zero attached hydrogens (tertiary/aromatic N) is 3. The van der Waals surface area contributed by atoms with Crippen LogP contribution in [0.4, 0.5) is 5.69 Å². The van der Waals surface area contributed by atoms with E-state index >= 15 is 0 Å². The van der Waals surface area contributed by atoms with Crippen molar-refractivity contribution < 1.29 is 9.59 Å². The lowest BCUT2D eigenvalue weighted by atomic mass is 10.0. The Balaban J connectivity index is 1.59. The summed E-state index contributed by atoms with van der Waals surface area (Å²) in [5, 5.41) is 14.3. The predicted molar refractivity (Wildman–Crippen MR) is 104 cm³/mol. The molecule has 0 atom stereocenters. The molecule has 0 aliphatic carbocycles. The molecule has 7 nitrogen and oxygen atoms in total. The molecule has 2 amide bonds. The fraction of sp³-hybridized carbons (Fsp3) is 0.474. The molecule has 2 aromatic rings. The molecule has 8 heteroatoms. The number of halogens is 1. The lowest BCUT2D eigenvalue weighted by Crippen LogP contribution is -2.37. The molecule has 1 aromatic carbocycles. The molecule has 2 heterocycles. The quantitative estimate of drug-likeness (QED) is 0.742. The Kier molecular flexibility index (Phi) is 6.11. The molecule has 0 unspecified atom stereocenters. The maximum Gasteiger partial charge on any atom is 0.313 e. The number of anilines is 1. The van der Waals surface area contributed by atoms with Gasteiger partial charge >= 0.3 is 11.8 Å². The first-order valence-corrected chi connectivity index (χ1v) is 9.73. The molecule has 0 radical (unpaired) electrons. The summed E-state index contributed by atoms with van der Waals surface area (Å²) >= 11 is 6.24. The average molecular weight is 390 g/mol. The summed E-state index contributed by atoms with van der Waals surface area (Å²) in [7, 11) is 0. The van der Waals surface area contributed by atoms with Gasteiger partial charge < -0.3 is 15.2 Å². The Hall–Kier alpha value is -2.41. The van der Waals surface area contributed by atoms with Crippen LogP contribution < -0.4 is 10.6 Å². The Morgan fingerprint density at radius 2 is 2.00 bits per heavy atom. The van der Waals surface area contributed by atoms with Crippen molar-refractivity contribution in [3.8, 4) is 0 Å². The van der Waals surface area contributed by atoms with Crippen LogP contribution in [0, 0.1) is 0 Å². The number of hydrogen-bond acceptors (Lipinski definition) is 4. The van der Waals surface area contributed by atoms with Crippen LogP contribution in [0.1, 0.15) is 43.0 Å². The van der Waals surface area contributed by atoms with Crippen LogP contribution in [0.5, 0.6) is 0 Å². The van der Waals surface area contributed by atoms with Crippen molar-refractivity contribution in [3.05, 3.63) is 39.9 Å².